The molecule has 0 saturated carbocycles. The zero-order valence-corrected chi connectivity index (χ0v) is 8.81. The Labute approximate surface area is 92.0 Å². The van der Waals surface area contributed by atoms with E-state index >= 15 is 0 Å². The quantitative estimate of drug-likeness (QED) is 0.709. The summed E-state index contributed by atoms with van der Waals surface area (Å²) in [6.45, 7) is 0.700. The highest BCUT2D eigenvalue weighted by Gasteiger charge is 2.21. The number of hydrogen-bond donors (Lipinski definition) is 0. The van der Waals surface area contributed by atoms with Gasteiger partial charge in [-0.05, 0) is 30.0 Å². The minimum Gasteiger partial charge on any atom is -0.493 e. The van der Waals surface area contributed by atoms with Crippen LogP contribution in [0.5, 0.6) is 5.75 Å². The molecule has 0 amide bonds. The van der Waals surface area contributed by atoms with Gasteiger partial charge < -0.3 is 4.74 Å². The highest BCUT2D eigenvalue weighted by molar-refractivity contribution is 6.21. The van der Waals surface area contributed by atoms with E-state index in [1.54, 1.807) is 18.2 Å². The third kappa shape index (κ3) is 2.23. The number of alkyl halides is 3. The monoisotopic (exact) mass is 232 g/mol. The van der Waals surface area contributed by atoms with Crippen molar-refractivity contribution in [2.45, 2.75) is 24.6 Å². The van der Waals surface area contributed by atoms with Crippen LogP contribution in [0, 0.1) is 0 Å². The summed E-state index contributed by atoms with van der Waals surface area (Å²) < 4.78 is 30.2. The first-order valence-corrected chi connectivity index (χ1v) is 5.30. The molecule has 1 aromatic carbocycles. The number of benzene rings is 1. The van der Waals surface area contributed by atoms with Gasteiger partial charge in [0.25, 0.3) is 6.43 Å². The van der Waals surface area contributed by atoms with Crippen LogP contribution < -0.4 is 4.74 Å². The third-order valence-corrected chi connectivity index (χ3v) is 2.91. The average molecular weight is 233 g/mol. The second-order valence-electron chi connectivity index (χ2n) is 3.56. The first-order valence-electron chi connectivity index (χ1n) is 4.86. The highest BCUT2D eigenvalue weighted by atomic mass is 35.5. The molecule has 0 fully saturated rings. The Hall–Kier alpha value is -0.830. The lowest BCUT2D eigenvalue weighted by Gasteiger charge is -2.19. The van der Waals surface area contributed by atoms with E-state index < -0.39 is 11.8 Å². The molecule has 1 heterocycles. The largest absolute Gasteiger partial charge is 0.493 e. The summed E-state index contributed by atoms with van der Waals surface area (Å²) in [5.74, 6) is 0.795. The summed E-state index contributed by atoms with van der Waals surface area (Å²) >= 11 is 5.59. The van der Waals surface area contributed by atoms with Crippen LogP contribution in [-0.4, -0.2) is 13.0 Å². The van der Waals surface area contributed by atoms with Crippen molar-refractivity contribution in [3.8, 4) is 5.75 Å². The Morgan fingerprint density at radius 2 is 2.13 bits per heavy atom. The normalized spacial score (nSPS) is 17.1. The molecule has 0 bridgehead atoms. The average Bonchev–Trinajstić information content (AvgIpc) is 2.27. The standard InChI is InChI=1S/C11H11ClF2O/c12-10(11(13)14)8-3-4-9-7(6-8)2-1-5-15-9/h3-4,6,10-11H,1-2,5H2. The first kappa shape index (κ1) is 10.7. The molecule has 0 spiro atoms. The second-order valence-corrected chi connectivity index (χ2v) is 4.03. The molecule has 15 heavy (non-hydrogen) atoms. The Morgan fingerprint density at radius 1 is 1.33 bits per heavy atom. The third-order valence-electron chi connectivity index (χ3n) is 2.47. The zero-order valence-electron chi connectivity index (χ0n) is 8.05. The Bertz CT molecular complexity index is 354. The van der Waals surface area contributed by atoms with Gasteiger partial charge in [0, 0.05) is 0 Å². The summed E-state index contributed by atoms with van der Waals surface area (Å²) in [5.41, 5.74) is 1.45. The van der Waals surface area contributed by atoms with Crippen LogP contribution in [0.15, 0.2) is 18.2 Å². The lowest BCUT2D eigenvalue weighted by Crippen LogP contribution is -2.10. The molecule has 1 aliphatic rings. The van der Waals surface area contributed by atoms with E-state index in [0.717, 1.165) is 24.2 Å². The van der Waals surface area contributed by atoms with E-state index in [4.69, 9.17) is 16.3 Å². The maximum absolute atomic E-state index is 12.4. The Kier molecular flexibility index (Phi) is 3.10. The molecular weight excluding hydrogens is 222 g/mol. The number of ether oxygens (including phenoxy) is 1. The SMILES string of the molecule is FC(F)C(Cl)c1ccc2c(c1)CCCO2. The molecule has 1 nitrogen and oxygen atoms in total. The van der Waals surface area contributed by atoms with Crippen LogP contribution in [0.3, 0.4) is 0 Å². The fourth-order valence-corrected chi connectivity index (χ4v) is 1.83. The maximum atomic E-state index is 12.4. The van der Waals surface area contributed by atoms with E-state index in [9.17, 15) is 8.78 Å². The van der Waals surface area contributed by atoms with Crippen molar-refractivity contribution in [2.75, 3.05) is 6.61 Å². The van der Waals surface area contributed by atoms with Crippen LogP contribution in [0.4, 0.5) is 8.78 Å². The van der Waals surface area contributed by atoms with Crippen LogP contribution in [0.1, 0.15) is 22.9 Å². The van der Waals surface area contributed by atoms with Crippen molar-refractivity contribution in [1.29, 1.82) is 0 Å². The van der Waals surface area contributed by atoms with E-state index in [1.807, 2.05) is 0 Å². The van der Waals surface area contributed by atoms with Gasteiger partial charge in [0.2, 0.25) is 0 Å². The van der Waals surface area contributed by atoms with E-state index in [2.05, 4.69) is 0 Å². The minimum absolute atomic E-state index is 0.468. The predicted molar refractivity (Wildman–Crippen MR) is 54.9 cm³/mol. The van der Waals surface area contributed by atoms with E-state index in [0.29, 0.717) is 12.2 Å². The molecule has 1 aromatic rings. The van der Waals surface area contributed by atoms with Crippen molar-refractivity contribution < 1.29 is 13.5 Å². The molecule has 82 valence electrons. The summed E-state index contributed by atoms with van der Waals surface area (Å²) in [6, 6.07) is 5.05. The second kappa shape index (κ2) is 4.35. The van der Waals surface area contributed by atoms with Crippen molar-refractivity contribution >= 4 is 11.6 Å². The fourth-order valence-electron chi connectivity index (χ4n) is 1.70. The molecule has 0 radical (unpaired) electrons. The molecule has 0 aliphatic carbocycles. The summed E-state index contributed by atoms with van der Waals surface area (Å²) in [4.78, 5) is 0. The van der Waals surface area contributed by atoms with Gasteiger partial charge in [0.05, 0.1) is 6.61 Å². The Balaban J connectivity index is 2.27. The molecule has 4 heteroatoms. The number of halogens is 3. The van der Waals surface area contributed by atoms with Gasteiger partial charge in [-0.25, -0.2) is 8.78 Å². The molecule has 0 saturated heterocycles. The molecule has 1 unspecified atom stereocenters. The molecule has 1 atom stereocenters. The maximum Gasteiger partial charge on any atom is 0.258 e. The number of aryl methyl sites for hydroxylation is 1. The van der Waals surface area contributed by atoms with Gasteiger partial charge in [-0.3, -0.25) is 0 Å². The van der Waals surface area contributed by atoms with Crippen LogP contribution in [-0.2, 0) is 6.42 Å². The van der Waals surface area contributed by atoms with E-state index in [-0.39, 0.29) is 0 Å². The summed E-state index contributed by atoms with van der Waals surface area (Å²) in [5, 5.41) is -1.22. The molecule has 0 N–H and O–H groups in total. The summed E-state index contributed by atoms with van der Waals surface area (Å²) in [7, 11) is 0. The lowest BCUT2D eigenvalue weighted by molar-refractivity contribution is 0.143. The van der Waals surface area contributed by atoms with Gasteiger partial charge in [-0.1, -0.05) is 12.1 Å². The molecule has 1 aliphatic heterocycles. The van der Waals surface area contributed by atoms with Crippen molar-refractivity contribution in [1.82, 2.24) is 0 Å². The van der Waals surface area contributed by atoms with Gasteiger partial charge in [0.1, 0.15) is 11.1 Å². The fraction of sp³-hybridized carbons (Fsp3) is 0.455. The van der Waals surface area contributed by atoms with Crippen LogP contribution in [0.2, 0.25) is 0 Å². The molecule has 2 rings (SSSR count). The smallest absolute Gasteiger partial charge is 0.258 e. The Morgan fingerprint density at radius 3 is 2.87 bits per heavy atom. The van der Waals surface area contributed by atoms with Gasteiger partial charge in [0.15, 0.2) is 0 Å². The molecule has 0 aromatic heterocycles. The molecular formula is C11H11ClF2O. The van der Waals surface area contributed by atoms with Crippen LogP contribution in [0.25, 0.3) is 0 Å². The van der Waals surface area contributed by atoms with Crippen molar-refractivity contribution in [2.24, 2.45) is 0 Å². The van der Waals surface area contributed by atoms with E-state index in [1.165, 1.54) is 0 Å². The first-order chi connectivity index (χ1) is 7.18. The number of fused-ring (bicyclic) bond motifs is 1. The van der Waals surface area contributed by atoms with Gasteiger partial charge >= 0.3 is 0 Å². The van der Waals surface area contributed by atoms with Gasteiger partial charge in [-0.2, -0.15) is 0 Å². The topological polar surface area (TPSA) is 9.23 Å². The highest BCUT2D eigenvalue weighted by Crippen LogP contribution is 2.32. The van der Waals surface area contributed by atoms with Crippen molar-refractivity contribution in [3.63, 3.8) is 0 Å². The summed E-state index contributed by atoms with van der Waals surface area (Å²) in [6.07, 6.45) is -0.733. The van der Waals surface area contributed by atoms with Crippen molar-refractivity contribution in [3.05, 3.63) is 29.3 Å². The lowest BCUT2D eigenvalue weighted by atomic mass is 10.0. The number of rotatable bonds is 2. The van der Waals surface area contributed by atoms with Crippen LogP contribution >= 0.6 is 11.6 Å². The minimum atomic E-state index is -2.53. The number of hydrogen-bond acceptors (Lipinski definition) is 1. The zero-order chi connectivity index (χ0) is 10.8. The van der Waals surface area contributed by atoms with Gasteiger partial charge in [-0.15, -0.1) is 11.6 Å². The predicted octanol–water partition coefficient (Wildman–Crippen LogP) is 3.56.